The Balaban J connectivity index is 4.95. The molecule has 0 N–H and O–H groups in total. The van der Waals surface area contributed by atoms with Crippen LogP contribution in [0, 0.1) is 5.92 Å². The fourth-order valence-electron chi connectivity index (χ4n) is 2.23. The normalized spacial score (nSPS) is 12.1. The van der Waals surface area contributed by atoms with Crippen LogP contribution in [0.3, 0.4) is 0 Å². The lowest BCUT2D eigenvalue weighted by atomic mass is 9.99. The summed E-state index contributed by atoms with van der Waals surface area (Å²) < 4.78 is 10.2. The van der Waals surface area contributed by atoms with Crippen LogP contribution < -0.4 is 0 Å². The lowest BCUT2D eigenvalue weighted by molar-refractivity contribution is -0.144. The van der Waals surface area contributed by atoms with Crippen LogP contribution in [0.2, 0.25) is 0 Å². The minimum atomic E-state index is -0.333. The van der Waals surface area contributed by atoms with Gasteiger partial charge in [0.25, 0.3) is 0 Å². The Morgan fingerprint density at radius 3 is 2.14 bits per heavy atom. The second kappa shape index (κ2) is 11.4. The Bertz CT molecular complexity index is 305. The van der Waals surface area contributed by atoms with E-state index in [1.807, 2.05) is 0 Å². The summed E-state index contributed by atoms with van der Waals surface area (Å²) in [5.41, 5.74) is 0. The summed E-state index contributed by atoms with van der Waals surface area (Å²) >= 11 is 0. The number of carbonyl (C=O) groups is 2. The minimum Gasteiger partial charge on any atom is -0.466 e. The minimum absolute atomic E-state index is 0.158. The molecule has 0 spiro atoms. The van der Waals surface area contributed by atoms with Crippen LogP contribution in [0.1, 0.15) is 60.3 Å². The van der Waals surface area contributed by atoms with Gasteiger partial charge in [0.15, 0.2) is 0 Å². The molecule has 5 nitrogen and oxygen atoms in total. The van der Waals surface area contributed by atoms with Crippen LogP contribution in [-0.2, 0) is 14.3 Å². The van der Waals surface area contributed by atoms with E-state index in [-0.39, 0.29) is 24.5 Å². The first-order chi connectivity index (χ1) is 9.96. The lowest BCUT2D eigenvalue weighted by Crippen LogP contribution is -2.43. The molecule has 0 radical (unpaired) electrons. The van der Waals surface area contributed by atoms with Crippen LogP contribution in [-0.4, -0.2) is 42.8 Å². The van der Waals surface area contributed by atoms with Gasteiger partial charge in [-0.1, -0.05) is 27.2 Å². The average Bonchev–Trinajstić information content (AvgIpc) is 2.38. The van der Waals surface area contributed by atoms with Gasteiger partial charge >= 0.3 is 12.1 Å². The zero-order chi connectivity index (χ0) is 16.3. The first kappa shape index (κ1) is 19.7. The topological polar surface area (TPSA) is 55.8 Å². The Morgan fingerprint density at radius 1 is 1.05 bits per heavy atom. The molecule has 0 saturated carbocycles. The fourth-order valence-corrected chi connectivity index (χ4v) is 2.23. The molecule has 0 aromatic heterocycles. The molecule has 0 heterocycles. The maximum atomic E-state index is 12.2. The smallest absolute Gasteiger partial charge is 0.410 e. The number of unbranched alkanes of at least 4 members (excludes halogenated alkanes) is 1. The molecule has 21 heavy (non-hydrogen) atoms. The van der Waals surface area contributed by atoms with Gasteiger partial charge in [-0.05, 0) is 32.6 Å². The molecule has 0 bridgehead atoms. The van der Waals surface area contributed by atoms with Crippen molar-refractivity contribution in [2.24, 2.45) is 5.92 Å². The van der Waals surface area contributed by atoms with Crippen molar-refractivity contribution in [3.63, 3.8) is 0 Å². The van der Waals surface area contributed by atoms with Crippen molar-refractivity contribution in [1.29, 1.82) is 0 Å². The number of ether oxygens (including phenoxy) is 2. The zero-order valence-corrected chi connectivity index (χ0v) is 14.2. The summed E-state index contributed by atoms with van der Waals surface area (Å²) in [6, 6.07) is -0.158. The number of carbonyl (C=O) groups excluding carboxylic acids is 2. The van der Waals surface area contributed by atoms with E-state index in [2.05, 4.69) is 20.8 Å². The van der Waals surface area contributed by atoms with Gasteiger partial charge in [0.1, 0.15) is 0 Å². The molecule has 0 aromatic carbocycles. The summed E-state index contributed by atoms with van der Waals surface area (Å²) in [6.45, 7) is 11.1. The van der Waals surface area contributed by atoms with Crippen molar-refractivity contribution in [1.82, 2.24) is 4.90 Å². The lowest BCUT2D eigenvalue weighted by Gasteiger charge is -2.31. The van der Waals surface area contributed by atoms with Gasteiger partial charge in [0, 0.05) is 12.6 Å². The van der Waals surface area contributed by atoms with Gasteiger partial charge in [-0.25, -0.2) is 4.79 Å². The van der Waals surface area contributed by atoms with Crippen LogP contribution >= 0.6 is 0 Å². The predicted molar refractivity (Wildman–Crippen MR) is 83.1 cm³/mol. The Hall–Kier alpha value is -1.26. The van der Waals surface area contributed by atoms with E-state index >= 15 is 0 Å². The summed E-state index contributed by atoms with van der Waals surface area (Å²) in [5, 5.41) is 0. The molecule has 1 amide bonds. The van der Waals surface area contributed by atoms with E-state index in [9.17, 15) is 9.59 Å². The Labute approximate surface area is 129 Å². The third-order valence-corrected chi connectivity index (χ3v) is 3.15. The van der Waals surface area contributed by atoms with Crippen LogP contribution in [0.4, 0.5) is 4.79 Å². The highest BCUT2D eigenvalue weighted by Gasteiger charge is 2.27. The van der Waals surface area contributed by atoms with Gasteiger partial charge in [0.2, 0.25) is 0 Å². The average molecular weight is 301 g/mol. The molecule has 0 aliphatic carbocycles. The molecule has 0 aromatic rings. The van der Waals surface area contributed by atoms with Gasteiger partial charge in [-0.3, -0.25) is 4.79 Å². The van der Waals surface area contributed by atoms with E-state index < -0.39 is 0 Å². The number of rotatable bonds is 10. The number of hydrogen-bond acceptors (Lipinski definition) is 4. The van der Waals surface area contributed by atoms with Gasteiger partial charge in [0.05, 0.1) is 19.6 Å². The quantitative estimate of drug-likeness (QED) is 0.578. The second-order valence-corrected chi connectivity index (χ2v) is 5.54. The monoisotopic (exact) mass is 301 g/mol. The van der Waals surface area contributed by atoms with Crippen LogP contribution in [0.5, 0.6) is 0 Å². The molecule has 1 unspecified atom stereocenters. The van der Waals surface area contributed by atoms with Gasteiger partial charge in [-0.2, -0.15) is 0 Å². The molecular weight excluding hydrogens is 270 g/mol. The highest BCUT2D eigenvalue weighted by atomic mass is 16.6. The zero-order valence-electron chi connectivity index (χ0n) is 14.2. The van der Waals surface area contributed by atoms with E-state index in [1.54, 1.807) is 18.7 Å². The maximum Gasteiger partial charge on any atom is 0.410 e. The van der Waals surface area contributed by atoms with Crippen molar-refractivity contribution in [2.75, 3.05) is 19.8 Å². The standard InChI is InChI=1S/C16H31NO4/c1-6-9-10-17(16(19)21-8-3)14(11-13(4)5)12-15(18)20-7-2/h13-14H,6-12H2,1-5H3. The summed E-state index contributed by atoms with van der Waals surface area (Å²) in [7, 11) is 0. The van der Waals surface area contributed by atoms with Gasteiger partial charge in [-0.15, -0.1) is 0 Å². The molecular formula is C16H31NO4. The van der Waals surface area contributed by atoms with Crippen molar-refractivity contribution in [3.05, 3.63) is 0 Å². The SMILES string of the molecule is CCCCN(C(=O)OCC)C(CC(=O)OCC)CC(C)C. The third-order valence-electron chi connectivity index (χ3n) is 3.15. The highest BCUT2D eigenvalue weighted by Crippen LogP contribution is 2.18. The van der Waals surface area contributed by atoms with Crippen LogP contribution in [0.15, 0.2) is 0 Å². The Morgan fingerprint density at radius 2 is 1.67 bits per heavy atom. The fraction of sp³-hybridized carbons (Fsp3) is 0.875. The van der Waals surface area contributed by atoms with E-state index in [0.29, 0.717) is 25.7 Å². The number of esters is 1. The van der Waals surface area contributed by atoms with Gasteiger partial charge < -0.3 is 14.4 Å². The van der Waals surface area contributed by atoms with E-state index in [1.165, 1.54) is 0 Å². The summed E-state index contributed by atoms with van der Waals surface area (Å²) in [4.78, 5) is 25.7. The number of hydrogen-bond donors (Lipinski definition) is 0. The van der Waals surface area contributed by atoms with E-state index in [0.717, 1.165) is 19.3 Å². The maximum absolute atomic E-state index is 12.2. The second-order valence-electron chi connectivity index (χ2n) is 5.54. The molecule has 0 aliphatic heterocycles. The summed E-state index contributed by atoms with van der Waals surface area (Å²) in [5.74, 6) is 0.136. The molecule has 124 valence electrons. The first-order valence-electron chi connectivity index (χ1n) is 8.05. The molecule has 5 heteroatoms. The van der Waals surface area contributed by atoms with Crippen molar-refractivity contribution in [3.8, 4) is 0 Å². The number of amides is 1. The largest absolute Gasteiger partial charge is 0.466 e. The third kappa shape index (κ3) is 8.58. The first-order valence-corrected chi connectivity index (χ1v) is 8.05. The molecule has 0 saturated heterocycles. The number of nitrogens with zero attached hydrogens (tertiary/aromatic N) is 1. The molecule has 0 fully saturated rings. The van der Waals surface area contributed by atoms with Crippen molar-refractivity contribution >= 4 is 12.1 Å². The van der Waals surface area contributed by atoms with Crippen LogP contribution in [0.25, 0.3) is 0 Å². The predicted octanol–water partition coefficient (Wildman–Crippen LogP) is 3.61. The molecule has 1 atom stereocenters. The van der Waals surface area contributed by atoms with Crippen molar-refractivity contribution < 1.29 is 19.1 Å². The summed E-state index contributed by atoms with van der Waals surface area (Å²) in [6.07, 6.45) is 2.55. The van der Waals surface area contributed by atoms with E-state index in [4.69, 9.17) is 9.47 Å². The Kier molecular flexibility index (Phi) is 10.7. The van der Waals surface area contributed by atoms with Crippen molar-refractivity contribution in [2.45, 2.75) is 66.3 Å². The molecule has 0 aliphatic rings. The highest BCUT2D eigenvalue weighted by molar-refractivity contribution is 5.72. The molecule has 0 rings (SSSR count).